The van der Waals surface area contributed by atoms with Crippen molar-refractivity contribution in [3.05, 3.63) is 35.8 Å². The van der Waals surface area contributed by atoms with Crippen LogP contribution in [0.3, 0.4) is 0 Å². The number of rotatable bonds is 5. The van der Waals surface area contributed by atoms with Gasteiger partial charge in [0.2, 0.25) is 5.88 Å². The molecule has 2 N–H and O–H groups in total. The van der Waals surface area contributed by atoms with E-state index >= 15 is 0 Å². The third-order valence-corrected chi connectivity index (χ3v) is 7.59. The maximum Gasteiger partial charge on any atom is 0.433 e. The number of anilines is 1. The number of aromatic nitrogens is 6. The lowest BCUT2D eigenvalue weighted by Gasteiger charge is -2.34. The number of nitrogens with one attached hydrogen (secondary N) is 2. The molecule has 0 amide bonds. The number of piperidine rings is 1. The molecule has 0 aromatic carbocycles. The van der Waals surface area contributed by atoms with Crippen molar-refractivity contribution in [2.75, 3.05) is 44.9 Å². The Hall–Kier alpha value is -3.71. The van der Waals surface area contributed by atoms with E-state index in [2.05, 4.69) is 20.4 Å². The van der Waals surface area contributed by atoms with Crippen molar-refractivity contribution >= 4 is 16.9 Å². The lowest BCUT2D eigenvalue weighted by atomic mass is 10.0. The molecule has 4 aromatic rings. The number of hydrogen-bond donors (Lipinski definition) is 2. The summed E-state index contributed by atoms with van der Waals surface area (Å²) in [4.78, 5) is 19.2. The van der Waals surface area contributed by atoms with Crippen molar-refractivity contribution in [3.8, 4) is 28.5 Å². The zero-order valence-corrected chi connectivity index (χ0v) is 22.5. The second-order valence-corrected chi connectivity index (χ2v) is 10.2. The molecule has 0 aliphatic carbocycles. The molecule has 2 aliphatic heterocycles. The van der Waals surface area contributed by atoms with Crippen LogP contribution in [0.4, 0.5) is 19.0 Å². The maximum absolute atomic E-state index is 14.8. The van der Waals surface area contributed by atoms with Gasteiger partial charge in [-0.3, -0.25) is 4.68 Å². The molecular formula is C27H31F3N8O2. The molecule has 2 fully saturated rings. The summed E-state index contributed by atoms with van der Waals surface area (Å²) < 4.78 is 56.6. The first-order chi connectivity index (χ1) is 19.2. The van der Waals surface area contributed by atoms with Crippen LogP contribution in [-0.2, 0) is 10.9 Å². The molecule has 4 aromatic heterocycles. The molecule has 13 heteroatoms. The Balaban J connectivity index is 1.59. The number of aryl methyl sites for hydroxylation is 1. The predicted octanol–water partition coefficient (Wildman–Crippen LogP) is 4.37. The van der Waals surface area contributed by atoms with Crippen LogP contribution < -0.4 is 15.0 Å². The van der Waals surface area contributed by atoms with Crippen LogP contribution in [0, 0.1) is 6.92 Å². The Bertz CT molecular complexity index is 1530. The monoisotopic (exact) mass is 556 g/mol. The van der Waals surface area contributed by atoms with Gasteiger partial charge in [-0.15, -0.1) is 0 Å². The molecule has 0 spiro atoms. The van der Waals surface area contributed by atoms with E-state index < -0.39 is 11.9 Å². The van der Waals surface area contributed by atoms with Crippen LogP contribution in [0.5, 0.6) is 5.88 Å². The van der Waals surface area contributed by atoms with E-state index in [1.807, 2.05) is 17.9 Å². The van der Waals surface area contributed by atoms with Crippen molar-refractivity contribution in [2.24, 2.45) is 0 Å². The average molecular weight is 557 g/mol. The fourth-order valence-corrected chi connectivity index (χ4v) is 5.64. The first-order valence-corrected chi connectivity index (χ1v) is 13.4. The van der Waals surface area contributed by atoms with Gasteiger partial charge in [-0.05, 0) is 45.8 Å². The third-order valence-electron chi connectivity index (χ3n) is 7.59. The normalized spacial score (nSPS) is 18.9. The molecule has 0 radical (unpaired) electrons. The number of alkyl halides is 3. The number of nitrogens with zero attached hydrogens (tertiary/aromatic N) is 6. The smallest absolute Gasteiger partial charge is 0.433 e. The third kappa shape index (κ3) is 4.77. The number of hydrogen-bond acceptors (Lipinski definition) is 8. The number of halogens is 3. The second kappa shape index (κ2) is 10.4. The molecule has 0 saturated carbocycles. The summed E-state index contributed by atoms with van der Waals surface area (Å²) in [6.45, 7) is 6.43. The Labute approximate surface area is 228 Å². The summed E-state index contributed by atoms with van der Waals surface area (Å²) in [5.41, 5.74) is 0.808. The van der Waals surface area contributed by atoms with Gasteiger partial charge in [0.15, 0.2) is 11.5 Å². The molecule has 212 valence electrons. The van der Waals surface area contributed by atoms with Crippen LogP contribution in [0.1, 0.15) is 37.2 Å². The zero-order valence-electron chi connectivity index (χ0n) is 22.5. The van der Waals surface area contributed by atoms with Crippen LogP contribution in [0.2, 0.25) is 0 Å². The molecular weight excluding hydrogens is 525 g/mol. The van der Waals surface area contributed by atoms with E-state index in [-0.39, 0.29) is 34.9 Å². The fourth-order valence-electron chi connectivity index (χ4n) is 5.64. The second-order valence-electron chi connectivity index (χ2n) is 10.2. The van der Waals surface area contributed by atoms with Crippen LogP contribution in [0.15, 0.2) is 24.4 Å². The van der Waals surface area contributed by atoms with E-state index in [1.54, 1.807) is 25.3 Å². The van der Waals surface area contributed by atoms with Crippen LogP contribution >= 0.6 is 0 Å². The Morgan fingerprint density at radius 2 is 1.93 bits per heavy atom. The highest BCUT2D eigenvalue weighted by atomic mass is 19.4. The van der Waals surface area contributed by atoms with Gasteiger partial charge < -0.3 is 24.7 Å². The summed E-state index contributed by atoms with van der Waals surface area (Å²) >= 11 is 0. The van der Waals surface area contributed by atoms with Crippen molar-refractivity contribution in [2.45, 2.75) is 44.9 Å². The highest BCUT2D eigenvalue weighted by Gasteiger charge is 2.42. The Kier molecular flexibility index (Phi) is 6.87. The van der Waals surface area contributed by atoms with E-state index in [0.717, 1.165) is 5.39 Å². The fraction of sp³-hybridized carbons (Fsp3) is 0.481. The largest absolute Gasteiger partial charge is 0.481 e. The van der Waals surface area contributed by atoms with E-state index in [1.165, 1.54) is 11.8 Å². The van der Waals surface area contributed by atoms with Gasteiger partial charge in [0.1, 0.15) is 11.5 Å². The Morgan fingerprint density at radius 3 is 2.65 bits per heavy atom. The molecule has 0 unspecified atom stereocenters. The van der Waals surface area contributed by atoms with Gasteiger partial charge in [-0.2, -0.15) is 23.3 Å². The van der Waals surface area contributed by atoms with Gasteiger partial charge in [-0.1, -0.05) is 0 Å². The number of H-pyrrole nitrogens is 1. The molecule has 6 rings (SSSR count). The van der Waals surface area contributed by atoms with Gasteiger partial charge in [0, 0.05) is 35.8 Å². The minimum atomic E-state index is -4.63. The topological polar surface area (TPSA) is 106 Å². The number of pyridine rings is 1. The Morgan fingerprint density at radius 1 is 1.12 bits per heavy atom. The first kappa shape index (κ1) is 26.5. The minimum absolute atomic E-state index is 0.0238. The molecule has 10 nitrogen and oxygen atoms in total. The minimum Gasteiger partial charge on any atom is -0.481 e. The van der Waals surface area contributed by atoms with Crippen molar-refractivity contribution in [3.63, 3.8) is 0 Å². The number of aromatic amines is 1. The highest BCUT2D eigenvalue weighted by molar-refractivity contribution is 5.92. The van der Waals surface area contributed by atoms with Crippen molar-refractivity contribution in [1.82, 2.24) is 35.0 Å². The van der Waals surface area contributed by atoms with Crippen LogP contribution in [0.25, 0.3) is 33.7 Å². The van der Waals surface area contributed by atoms with Gasteiger partial charge in [-0.25, -0.2) is 9.97 Å². The molecule has 1 atom stereocenters. The summed E-state index contributed by atoms with van der Waals surface area (Å²) in [7, 11) is 1.51. The van der Waals surface area contributed by atoms with E-state index in [9.17, 15) is 13.2 Å². The van der Waals surface area contributed by atoms with Crippen molar-refractivity contribution < 1.29 is 22.6 Å². The zero-order chi connectivity index (χ0) is 28.0. The molecule has 2 aliphatic rings. The summed E-state index contributed by atoms with van der Waals surface area (Å²) in [6, 6.07) is 4.81. The quantitative estimate of drug-likeness (QED) is 0.374. The highest BCUT2D eigenvalue weighted by Crippen LogP contribution is 2.42. The summed E-state index contributed by atoms with van der Waals surface area (Å²) in [5, 5.41) is 8.39. The summed E-state index contributed by atoms with van der Waals surface area (Å²) in [5.74, 6) is 1.14. The number of methoxy groups -OCH3 is 1. The molecule has 2 saturated heterocycles. The number of morpholine rings is 1. The van der Waals surface area contributed by atoms with Gasteiger partial charge in [0.05, 0.1) is 49.4 Å². The lowest BCUT2D eigenvalue weighted by molar-refractivity contribution is -0.144. The summed E-state index contributed by atoms with van der Waals surface area (Å²) in [6.07, 6.45) is -1.76. The number of fused-ring (bicyclic) bond motifs is 1. The lowest BCUT2D eigenvalue weighted by Crippen LogP contribution is -2.44. The predicted molar refractivity (Wildman–Crippen MR) is 143 cm³/mol. The van der Waals surface area contributed by atoms with Gasteiger partial charge in [0.25, 0.3) is 0 Å². The van der Waals surface area contributed by atoms with Gasteiger partial charge >= 0.3 is 6.18 Å². The van der Waals surface area contributed by atoms with Crippen molar-refractivity contribution in [1.29, 1.82) is 0 Å². The average Bonchev–Trinajstić information content (AvgIpc) is 3.57. The maximum atomic E-state index is 14.8. The first-order valence-electron chi connectivity index (χ1n) is 13.4. The SMILES string of the molecule is COc1cc(-c2nc(-c3c(C)nn(C4CCNCC4)c3C(F)(F)F)cc(N3CCOC[C@H]3C)n2)c2cc[nH]c2n1. The molecule has 40 heavy (non-hydrogen) atoms. The van der Waals surface area contributed by atoms with E-state index in [4.69, 9.17) is 19.4 Å². The molecule has 6 heterocycles. The number of ether oxygens (including phenoxy) is 2. The van der Waals surface area contributed by atoms with E-state index in [0.29, 0.717) is 68.6 Å². The molecule has 0 bridgehead atoms. The van der Waals surface area contributed by atoms with Crippen LogP contribution in [-0.4, -0.2) is 75.7 Å². The standard InChI is InChI=1S/C27H31F3N8O2/c1-15-14-40-11-10-37(15)21-13-20(33-26(34-21)19-12-22(39-3)35-25-18(19)6-9-32-25)23-16(2)36-38(24(23)27(28,29)30)17-4-7-31-8-5-17/h6,9,12-13,15,17,31H,4-5,7-8,10-11,14H2,1-3H3,(H,32,35)/t15-/m1/s1.